The zero-order valence-electron chi connectivity index (χ0n) is 11.7. The molecular weight excluding hydrogens is 287 g/mol. The molecule has 21 heavy (non-hydrogen) atoms. The lowest BCUT2D eigenvalue weighted by atomic mass is 10.1. The maximum atomic E-state index is 14.1. The van der Waals surface area contributed by atoms with Gasteiger partial charge in [-0.3, -0.25) is 0 Å². The van der Waals surface area contributed by atoms with Crippen molar-refractivity contribution in [3.63, 3.8) is 0 Å². The molecule has 0 aromatic heterocycles. The van der Waals surface area contributed by atoms with Crippen LogP contribution in [-0.2, 0) is 11.2 Å². The van der Waals surface area contributed by atoms with Gasteiger partial charge in [0.2, 0.25) is 0 Å². The minimum absolute atomic E-state index is 0.181. The van der Waals surface area contributed by atoms with Gasteiger partial charge >= 0.3 is 0 Å². The molecule has 0 heterocycles. The number of benzene rings is 2. The highest BCUT2D eigenvalue weighted by molar-refractivity contribution is 7.80. The molecule has 0 aliphatic carbocycles. The number of anilines is 2. The van der Waals surface area contributed by atoms with E-state index >= 15 is 0 Å². The topological polar surface area (TPSA) is 47.3 Å². The molecule has 110 valence electrons. The van der Waals surface area contributed by atoms with Gasteiger partial charge in [-0.15, -0.1) is 0 Å². The van der Waals surface area contributed by atoms with Crippen molar-refractivity contribution in [3.8, 4) is 0 Å². The van der Waals surface area contributed by atoms with Gasteiger partial charge in [-0.2, -0.15) is 0 Å². The number of hydrogen-bond acceptors (Lipinski definition) is 3. The van der Waals surface area contributed by atoms with Crippen molar-refractivity contribution in [1.29, 1.82) is 0 Å². The van der Waals surface area contributed by atoms with Crippen LogP contribution in [0.2, 0.25) is 0 Å². The molecule has 3 nitrogen and oxygen atoms in total. The monoisotopic (exact) mass is 304 g/mol. The standard InChI is InChI=1S/C16H17FN2OS/c1-20-9-8-11-4-2-3-5-14(11)19-15-7-6-12(16(18)21)10-13(15)17/h2-7,10,19H,8-9H2,1H3,(H2,18,21). The van der Waals surface area contributed by atoms with E-state index in [0.717, 1.165) is 17.7 Å². The fourth-order valence-corrected chi connectivity index (χ4v) is 2.11. The van der Waals surface area contributed by atoms with E-state index in [9.17, 15) is 4.39 Å². The Morgan fingerprint density at radius 2 is 2.00 bits per heavy atom. The number of para-hydroxylation sites is 1. The number of thiocarbonyl (C=S) groups is 1. The molecular formula is C16H17FN2OS. The molecule has 0 aliphatic heterocycles. The van der Waals surface area contributed by atoms with E-state index in [1.807, 2.05) is 24.3 Å². The molecule has 0 aliphatic rings. The normalized spacial score (nSPS) is 10.4. The summed E-state index contributed by atoms with van der Waals surface area (Å²) in [5.41, 5.74) is 8.32. The Labute approximate surface area is 128 Å². The Morgan fingerprint density at radius 3 is 2.67 bits per heavy atom. The molecule has 0 unspecified atom stereocenters. The predicted molar refractivity (Wildman–Crippen MR) is 87.6 cm³/mol. The molecule has 0 saturated heterocycles. The van der Waals surface area contributed by atoms with Crippen LogP contribution in [0.4, 0.5) is 15.8 Å². The second-order valence-corrected chi connectivity index (χ2v) is 5.02. The molecule has 0 amide bonds. The minimum atomic E-state index is -0.387. The highest BCUT2D eigenvalue weighted by Crippen LogP contribution is 2.24. The zero-order valence-corrected chi connectivity index (χ0v) is 12.5. The Balaban J connectivity index is 2.24. The van der Waals surface area contributed by atoms with E-state index in [2.05, 4.69) is 5.32 Å². The second-order valence-electron chi connectivity index (χ2n) is 4.58. The molecule has 3 N–H and O–H groups in total. The molecule has 2 rings (SSSR count). The van der Waals surface area contributed by atoms with E-state index in [-0.39, 0.29) is 10.8 Å². The SMILES string of the molecule is COCCc1ccccc1Nc1ccc(C(N)=S)cc1F. The molecule has 2 aromatic rings. The van der Waals surface area contributed by atoms with Gasteiger partial charge in [-0.1, -0.05) is 30.4 Å². The summed E-state index contributed by atoms with van der Waals surface area (Å²) in [6, 6.07) is 12.4. The molecule has 0 spiro atoms. The summed E-state index contributed by atoms with van der Waals surface area (Å²) in [4.78, 5) is 0.181. The first-order chi connectivity index (χ1) is 10.1. The first-order valence-corrected chi connectivity index (χ1v) is 6.96. The fourth-order valence-electron chi connectivity index (χ4n) is 1.99. The molecule has 0 saturated carbocycles. The number of hydrogen-bond donors (Lipinski definition) is 2. The quantitative estimate of drug-likeness (QED) is 0.803. The lowest BCUT2D eigenvalue weighted by Gasteiger charge is -2.13. The van der Waals surface area contributed by atoms with Crippen LogP contribution in [0.5, 0.6) is 0 Å². The van der Waals surface area contributed by atoms with Crippen molar-refractivity contribution in [2.24, 2.45) is 5.73 Å². The number of methoxy groups -OCH3 is 1. The minimum Gasteiger partial charge on any atom is -0.389 e. The fraction of sp³-hybridized carbons (Fsp3) is 0.188. The third-order valence-electron chi connectivity index (χ3n) is 3.12. The molecule has 2 aromatic carbocycles. The third kappa shape index (κ3) is 4.00. The van der Waals surface area contributed by atoms with Crippen LogP contribution in [0.25, 0.3) is 0 Å². The van der Waals surface area contributed by atoms with E-state index in [0.29, 0.717) is 17.9 Å². The highest BCUT2D eigenvalue weighted by atomic mass is 32.1. The summed E-state index contributed by atoms with van der Waals surface area (Å²) in [7, 11) is 1.66. The van der Waals surface area contributed by atoms with E-state index in [1.54, 1.807) is 19.2 Å². The van der Waals surface area contributed by atoms with E-state index in [4.69, 9.17) is 22.7 Å². The Kier molecular flexibility index (Phi) is 5.25. The van der Waals surface area contributed by atoms with Gasteiger partial charge < -0.3 is 15.8 Å². The van der Waals surface area contributed by atoms with Crippen LogP contribution in [0, 0.1) is 5.82 Å². The van der Waals surface area contributed by atoms with Crippen LogP contribution < -0.4 is 11.1 Å². The summed E-state index contributed by atoms with van der Waals surface area (Å²) in [6.45, 7) is 0.613. The van der Waals surface area contributed by atoms with Crippen molar-refractivity contribution in [3.05, 3.63) is 59.4 Å². The first kappa shape index (κ1) is 15.4. The van der Waals surface area contributed by atoms with Gasteiger partial charge in [-0.05, 0) is 36.2 Å². The Morgan fingerprint density at radius 1 is 1.24 bits per heavy atom. The number of nitrogens with two attached hydrogens (primary N) is 1. The Hall–Kier alpha value is -1.98. The molecule has 0 atom stereocenters. The van der Waals surface area contributed by atoms with Crippen molar-refractivity contribution in [2.45, 2.75) is 6.42 Å². The Bertz CT molecular complexity index is 646. The largest absolute Gasteiger partial charge is 0.389 e. The van der Waals surface area contributed by atoms with Gasteiger partial charge in [0.15, 0.2) is 0 Å². The van der Waals surface area contributed by atoms with Crippen LogP contribution in [0.3, 0.4) is 0 Å². The van der Waals surface area contributed by atoms with Gasteiger partial charge in [0, 0.05) is 18.4 Å². The molecule has 0 fully saturated rings. The van der Waals surface area contributed by atoms with Crippen LogP contribution in [-0.4, -0.2) is 18.7 Å². The molecule has 0 radical (unpaired) electrons. The highest BCUT2D eigenvalue weighted by Gasteiger charge is 2.08. The third-order valence-corrected chi connectivity index (χ3v) is 3.35. The summed E-state index contributed by atoms with van der Waals surface area (Å²) in [5.74, 6) is -0.387. The smallest absolute Gasteiger partial charge is 0.147 e. The van der Waals surface area contributed by atoms with E-state index in [1.165, 1.54) is 6.07 Å². The number of ether oxygens (including phenoxy) is 1. The van der Waals surface area contributed by atoms with Crippen molar-refractivity contribution >= 4 is 28.6 Å². The van der Waals surface area contributed by atoms with Crippen LogP contribution >= 0.6 is 12.2 Å². The summed E-state index contributed by atoms with van der Waals surface area (Å²) in [6.07, 6.45) is 0.756. The lowest BCUT2D eigenvalue weighted by molar-refractivity contribution is 0.202. The van der Waals surface area contributed by atoms with Gasteiger partial charge in [0.25, 0.3) is 0 Å². The maximum absolute atomic E-state index is 14.1. The second kappa shape index (κ2) is 7.15. The summed E-state index contributed by atoms with van der Waals surface area (Å²) in [5, 5.41) is 3.10. The molecule has 5 heteroatoms. The maximum Gasteiger partial charge on any atom is 0.147 e. The zero-order chi connectivity index (χ0) is 15.2. The number of nitrogens with one attached hydrogen (secondary N) is 1. The van der Waals surface area contributed by atoms with Gasteiger partial charge in [0.05, 0.1) is 12.3 Å². The van der Waals surface area contributed by atoms with Gasteiger partial charge in [0.1, 0.15) is 10.8 Å². The average molecular weight is 304 g/mol. The average Bonchev–Trinajstić information content (AvgIpc) is 2.48. The number of halogens is 1. The van der Waals surface area contributed by atoms with Crippen molar-refractivity contribution in [1.82, 2.24) is 0 Å². The lowest BCUT2D eigenvalue weighted by Crippen LogP contribution is -2.10. The van der Waals surface area contributed by atoms with E-state index < -0.39 is 0 Å². The van der Waals surface area contributed by atoms with Crippen molar-refractivity contribution < 1.29 is 9.13 Å². The number of rotatable bonds is 6. The van der Waals surface area contributed by atoms with Crippen LogP contribution in [0.15, 0.2) is 42.5 Å². The predicted octanol–water partition coefficient (Wildman–Crippen LogP) is 3.39. The summed E-state index contributed by atoms with van der Waals surface area (Å²) >= 11 is 4.84. The first-order valence-electron chi connectivity index (χ1n) is 6.55. The molecule has 0 bridgehead atoms. The van der Waals surface area contributed by atoms with Crippen LogP contribution in [0.1, 0.15) is 11.1 Å². The van der Waals surface area contributed by atoms with Crippen molar-refractivity contribution in [2.75, 3.05) is 19.0 Å². The summed E-state index contributed by atoms with van der Waals surface area (Å²) < 4.78 is 19.2. The van der Waals surface area contributed by atoms with Gasteiger partial charge in [-0.25, -0.2) is 4.39 Å².